The molecule has 0 unspecified atom stereocenters. The Morgan fingerprint density at radius 3 is 2.60 bits per heavy atom. The van der Waals surface area contributed by atoms with Gasteiger partial charge in [-0.15, -0.1) is 22.9 Å². The molecule has 0 saturated carbocycles. The first-order valence-corrected chi connectivity index (χ1v) is 8.71. The Morgan fingerprint density at radius 2 is 2.05 bits per heavy atom. The Hall–Kier alpha value is -1.31. The number of thiazole rings is 1. The number of benzene rings is 1. The smallest absolute Gasteiger partial charge is 0.263 e. The van der Waals surface area contributed by atoms with E-state index in [4.69, 9.17) is 16.3 Å². The van der Waals surface area contributed by atoms with Crippen LogP contribution in [-0.4, -0.2) is 20.0 Å². The maximum absolute atomic E-state index is 12.2. The number of hydrogen-bond donors (Lipinski definition) is 1. The molecule has 0 amide bonds. The molecule has 0 aliphatic heterocycles. The molecule has 0 spiro atoms. The number of nitrogens with one attached hydrogen (secondary N) is 1. The number of aromatic nitrogens is 1. The number of rotatable bonds is 6. The van der Waals surface area contributed by atoms with Crippen LogP contribution >= 0.6 is 22.9 Å². The second-order valence-electron chi connectivity index (χ2n) is 3.79. The summed E-state index contributed by atoms with van der Waals surface area (Å²) in [5, 5.41) is 2.01. The third-order valence-electron chi connectivity index (χ3n) is 2.36. The van der Waals surface area contributed by atoms with Gasteiger partial charge < -0.3 is 4.74 Å². The normalized spacial score (nSPS) is 11.3. The molecule has 2 rings (SSSR count). The minimum absolute atomic E-state index is 0.156. The second-order valence-corrected chi connectivity index (χ2v) is 6.60. The number of alkyl halides is 1. The third kappa shape index (κ3) is 3.62. The van der Waals surface area contributed by atoms with Crippen molar-refractivity contribution in [1.82, 2.24) is 4.98 Å². The van der Waals surface area contributed by atoms with Crippen molar-refractivity contribution in [1.29, 1.82) is 0 Å². The Kier molecular flexibility index (Phi) is 4.85. The summed E-state index contributed by atoms with van der Waals surface area (Å²) in [4.78, 5) is 4.21. The molecule has 1 N–H and O–H groups in total. The number of anilines is 1. The summed E-state index contributed by atoms with van der Waals surface area (Å²) in [6.45, 7) is 2.40. The molecule has 0 radical (unpaired) electrons. The highest BCUT2D eigenvalue weighted by molar-refractivity contribution is 7.93. The lowest BCUT2D eigenvalue weighted by atomic mass is 10.3. The molecule has 0 bridgehead atoms. The fourth-order valence-electron chi connectivity index (χ4n) is 1.47. The van der Waals surface area contributed by atoms with Crippen molar-refractivity contribution in [2.45, 2.75) is 17.7 Å². The van der Waals surface area contributed by atoms with Gasteiger partial charge in [-0.25, -0.2) is 13.4 Å². The van der Waals surface area contributed by atoms with Crippen LogP contribution in [0, 0.1) is 0 Å². The quantitative estimate of drug-likeness (QED) is 0.825. The fraction of sp³-hybridized carbons (Fsp3) is 0.250. The van der Waals surface area contributed by atoms with E-state index in [1.54, 1.807) is 17.5 Å². The lowest BCUT2D eigenvalue weighted by Crippen LogP contribution is -2.12. The summed E-state index contributed by atoms with van der Waals surface area (Å²) >= 11 is 6.83. The van der Waals surface area contributed by atoms with Crippen LogP contribution in [0.3, 0.4) is 0 Å². The largest absolute Gasteiger partial charge is 0.494 e. The Labute approximate surface area is 126 Å². The minimum atomic E-state index is -3.64. The average molecular weight is 333 g/mol. The van der Waals surface area contributed by atoms with E-state index in [1.807, 2.05) is 6.92 Å². The van der Waals surface area contributed by atoms with E-state index in [1.165, 1.54) is 23.5 Å². The van der Waals surface area contributed by atoms with E-state index in [0.717, 1.165) is 0 Å². The van der Waals surface area contributed by atoms with Crippen molar-refractivity contribution in [2.24, 2.45) is 0 Å². The summed E-state index contributed by atoms with van der Waals surface area (Å²) in [7, 11) is -3.64. The molecule has 0 fully saturated rings. The van der Waals surface area contributed by atoms with Crippen LogP contribution in [0.1, 0.15) is 12.6 Å². The molecule has 1 heterocycles. The first-order valence-electron chi connectivity index (χ1n) is 5.81. The number of nitrogens with zero attached hydrogens (tertiary/aromatic N) is 1. The summed E-state index contributed by atoms with van der Waals surface area (Å²) in [5.41, 5.74) is 0.640. The van der Waals surface area contributed by atoms with E-state index < -0.39 is 10.0 Å². The summed E-state index contributed by atoms with van der Waals surface area (Å²) in [5.74, 6) is 0.881. The lowest BCUT2D eigenvalue weighted by molar-refractivity contribution is 0.340. The van der Waals surface area contributed by atoms with Crippen molar-refractivity contribution in [3.63, 3.8) is 0 Å². The monoisotopic (exact) mass is 332 g/mol. The van der Waals surface area contributed by atoms with Crippen molar-refractivity contribution in [3.05, 3.63) is 35.3 Å². The summed E-state index contributed by atoms with van der Waals surface area (Å²) in [6.07, 6.45) is 0. The van der Waals surface area contributed by atoms with Crippen LogP contribution in [0.5, 0.6) is 5.75 Å². The summed E-state index contributed by atoms with van der Waals surface area (Å²) in [6, 6.07) is 6.21. The van der Waals surface area contributed by atoms with Crippen LogP contribution in [0.25, 0.3) is 0 Å². The molecule has 5 nitrogen and oxygen atoms in total. The topological polar surface area (TPSA) is 68.3 Å². The molecule has 0 aliphatic rings. The van der Waals surface area contributed by atoms with Gasteiger partial charge in [0.2, 0.25) is 0 Å². The minimum Gasteiger partial charge on any atom is -0.494 e. The molecule has 2 aromatic rings. The molecule has 0 atom stereocenters. The second kappa shape index (κ2) is 6.43. The zero-order valence-corrected chi connectivity index (χ0v) is 13.1. The lowest BCUT2D eigenvalue weighted by Gasteiger charge is -2.06. The van der Waals surface area contributed by atoms with Gasteiger partial charge in [0, 0.05) is 5.38 Å². The number of hydrogen-bond acceptors (Lipinski definition) is 5. The highest BCUT2D eigenvalue weighted by Crippen LogP contribution is 2.22. The zero-order valence-electron chi connectivity index (χ0n) is 10.7. The van der Waals surface area contributed by atoms with Gasteiger partial charge in [-0.05, 0) is 31.2 Å². The molecule has 0 aliphatic carbocycles. The van der Waals surface area contributed by atoms with E-state index >= 15 is 0 Å². The Bertz CT molecular complexity index is 668. The highest BCUT2D eigenvalue weighted by Gasteiger charge is 2.16. The van der Waals surface area contributed by atoms with Crippen molar-refractivity contribution >= 4 is 38.1 Å². The Balaban J connectivity index is 2.17. The molecule has 8 heteroatoms. The van der Waals surface area contributed by atoms with Crippen LogP contribution in [0.4, 0.5) is 5.13 Å². The molecule has 20 heavy (non-hydrogen) atoms. The molecule has 1 aromatic heterocycles. The standard InChI is InChI=1S/C12H13ClN2O3S2/c1-2-18-10-3-5-11(6-4-10)20(16,17)15-12-14-9(7-13)8-19-12/h3-6,8H,2,7H2,1H3,(H,14,15). The number of ether oxygens (including phenoxy) is 1. The van der Waals surface area contributed by atoms with Gasteiger partial charge >= 0.3 is 0 Å². The van der Waals surface area contributed by atoms with Gasteiger partial charge in [0.05, 0.1) is 23.1 Å². The molecule has 0 saturated heterocycles. The third-order valence-corrected chi connectivity index (χ3v) is 4.92. The number of halogens is 1. The maximum atomic E-state index is 12.2. The average Bonchev–Trinajstić information content (AvgIpc) is 2.87. The molecule has 1 aromatic carbocycles. The van der Waals surface area contributed by atoms with Crippen molar-refractivity contribution in [2.75, 3.05) is 11.3 Å². The maximum Gasteiger partial charge on any atom is 0.263 e. The Morgan fingerprint density at radius 1 is 1.35 bits per heavy atom. The zero-order chi connectivity index (χ0) is 14.6. The van der Waals surface area contributed by atoms with E-state index in [9.17, 15) is 8.42 Å². The van der Waals surface area contributed by atoms with Crippen molar-refractivity contribution < 1.29 is 13.2 Å². The van der Waals surface area contributed by atoms with E-state index in [2.05, 4.69) is 9.71 Å². The fourth-order valence-corrected chi connectivity index (χ4v) is 3.66. The first kappa shape index (κ1) is 15.1. The van der Waals surface area contributed by atoms with Gasteiger partial charge in [0.25, 0.3) is 10.0 Å². The van der Waals surface area contributed by atoms with Crippen molar-refractivity contribution in [3.8, 4) is 5.75 Å². The van der Waals surface area contributed by atoms with Crippen LogP contribution in [-0.2, 0) is 15.9 Å². The van der Waals surface area contributed by atoms with E-state index in [0.29, 0.717) is 23.2 Å². The summed E-state index contributed by atoms with van der Waals surface area (Å²) < 4.78 is 32.0. The van der Waals surface area contributed by atoms with Crippen LogP contribution < -0.4 is 9.46 Å². The molecule has 108 valence electrons. The number of sulfonamides is 1. The molecular formula is C12H13ClN2O3S2. The highest BCUT2D eigenvalue weighted by atomic mass is 35.5. The molecular weight excluding hydrogens is 320 g/mol. The SMILES string of the molecule is CCOc1ccc(S(=O)(=O)Nc2nc(CCl)cs2)cc1. The van der Waals surface area contributed by atoms with Crippen LogP contribution in [0.15, 0.2) is 34.5 Å². The predicted molar refractivity (Wildman–Crippen MR) is 80.1 cm³/mol. The predicted octanol–water partition coefficient (Wildman–Crippen LogP) is 3.08. The van der Waals surface area contributed by atoms with Gasteiger partial charge in [-0.2, -0.15) is 0 Å². The van der Waals surface area contributed by atoms with Gasteiger partial charge in [-0.3, -0.25) is 4.72 Å². The van der Waals surface area contributed by atoms with Gasteiger partial charge in [0.1, 0.15) is 5.75 Å². The van der Waals surface area contributed by atoms with Gasteiger partial charge in [-0.1, -0.05) is 0 Å². The van der Waals surface area contributed by atoms with Crippen LogP contribution in [0.2, 0.25) is 0 Å². The first-order chi connectivity index (χ1) is 9.55. The van der Waals surface area contributed by atoms with Gasteiger partial charge in [0.15, 0.2) is 5.13 Å². The van der Waals surface area contributed by atoms with E-state index in [-0.39, 0.29) is 10.8 Å².